The summed E-state index contributed by atoms with van der Waals surface area (Å²) in [6, 6.07) is 8.05. The van der Waals surface area contributed by atoms with E-state index in [0.29, 0.717) is 18.1 Å². The number of aromatic nitrogens is 2. The molecule has 29 heavy (non-hydrogen) atoms. The zero-order chi connectivity index (χ0) is 21.0. The van der Waals surface area contributed by atoms with Gasteiger partial charge >= 0.3 is 0 Å². The van der Waals surface area contributed by atoms with Crippen LogP contribution in [0, 0.1) is 6.92 Å². The van der Waals surface area contributed by atoms with E-state index in [4.69, 9.17) is 4.74 Å². The molecule has 1 aromatic carbocycles. The predicted molar refractivity (Wildman–Crippen MR) is 112 cm³/mol. The molecule has 0 bridgehead atoms. The second-order valence-electron chi connectivity index (χ2n) is 8.46. The van der Waals surface area contributed by atoms with E-state index < -0.39 is 11.5 Å². The molecule has 7 nitrogen and oxygen atoms in total. The molecule has 2 N–H and O–H groups in total. The van der Waals surface area contributed by atoms with Crippen LogP contribution < -0.4 is 10.9 Å². The molecule has 1 amide bonds. The number of carbonyl (C=O) groups is 1. The Morgan fingerprint density at radius 3 is 2.48 bits per heavy atom. The van der Waals surface area contributed by atoms with E-state index in [9.17, 15) is 9.59 Å². The van der Waals surface area contributed by atoms with E-state index in [1.807, 2.05) is 39.0 Å². The van der Waals surface area contributed by atoms with Gasteiger partial charge in [-0.3, -0.25) is 14.5 Å². The Labute approximate surface area is 171 Å². The Balaban J connectivity index is 1.72. The number of nitrogens with zero attached hydrogens (tertiary/aromatic N) is 2. The van der Waals surface area contributed by atoms with Crippen molar-refractivity contribution in [3.63, 3.8) is 0 Å². The number of carbonyl (C=O) groups excluding carboxylic acids is 1. The third-order valence-corrected chi connectivity index (χ3v) is 5.09. The van der Waals surface area contributed by atoms with Gasteiger partial charge in [-0.15, -0.1) is 0 Å². The average Bonchev–Trinajstić information content (AvgIpc) is 2.67. The first-order valence-electron chi connectivity index (χ1n) is 10.0. The highest BCUT2D eigenvalue weighted by molar-refractivity contribution is 5.94. The van der Waals surface area contributed by atoms with Crippen LogP contribution >= 0.6 is 0 Å². The molecule has 0 radical (unpaired) electrons. The van der Waals surface area contributed by atoms with Crippen LogP contribution in [0.2, 0.25) is 0 Å². The van der Waals surface area contributed by atoms with Crippen LogP contribution in [0.15, 0.2) is 29.1 Å². The molecule has 0 spiro atoms. The summed E-state index contributed by atoms with van der Waals surface area (Å²) in [7, 11) is 0. The van der Waals surface area contributed by atoms with Gasteiger partial charge in [-0.25, -0.2) is 4.98 Å². The summed E-state index contributed by atoms with van der Waals surface area (Å²) >= 11 is 0. The van der Waals surface area contributed by atoms with Gasteiger partial charge in [0.2, 0.25) is 0 Å². The quantitative estimate of drug-likeness (QED) is 0.806. The van der Waals surface area contributed by atoms with Gasteiger partial charge in [0.05, 0.1) is 18.9 Å². The molecule has 1 aromatic heterocycles. The smallest absolute Gasteiger partial charge is 0.264 e. The number of H-pyrrole nitrogens is 1. The van der Waals surface area contributed by atoms with Crippen molar-refractivity contribution in [3.8, 4) is 0 Å². The highest BCUT2D eigenvalue weighted by Gasteiger charge is 2.22. The molecular weight excluding hydrogens is 368 g/mol. The second-order valence-corrected chi connectivity index (χ2v) is 8.46. The number of benzene rings is 1. The molecule has 0 atom stereocenters. The van der Waals surface area contributed by atoms with Crippen molar-refractivity contribution in [2.45, 2.75) is 46.2 Å². The molecule has 1 aliphatic heterocycles. The first-order chi connectivity index (χ1) is 13.8. The Morgan fingerprint density at radius 2 is 1.86 bits per heavy atom. The lowest BCUT2D eigenvalue weighted by molar-refractivity contribution is 0.0340. The molecule has 0 unspecified atom stereocenters. The molecule has 0 aliphatic carbocycles. The number of morpholine rings is 1. The van der Waals surface area contributed by atoms with Gasteiger partial charge in [-0.1, -0.05) is 45.0 Å². The van der Waals surface area contributed by atoms with Gasteiger partial charge in [-0.05, 0) is 18.1 Å². The lowest BCUT2D eigenvalue weighted by atomic mass is 9.95. The van der Waals surface area contributed by atoms with Crippen LogP contribution in [-0.2, 0) is 23.2 Å². The van der Waals surface area contributed by atoms with E-state index >= 15 is 0 Å². The van der Waals surface area contributed by atoms with Crippen molar-refractivity contribution in [3.05, 3.63) is 62.8 Å². The summed E-state index contributed by atoms with van der Waals surface area (Å²) in [4.78, 5) is 34.8. The zero-order valence-electron chi connectivity index (χ0n) is 17.7. The maximum atomic E-state index is 12.7. The van der Waals surface area contributed by atoms with Crippen LogP contribution in [0.1, 0.15) is 53.8 Å². The normalized spacial score (nSPS) is 15.3. The topological polar surface area (TPSA) is 87.3 Å². The Hall–Kier alpha value is -2.51. The fraction of sp³-hybridized carbons (Fsp3) is 0.500. The minimum atomic E-state index is -0.405. The highest BCUT2D eigenvalue weighted by Crippen LogP contribution is 2.17. The Morgan fingerprint density at radius 1 is 1.21 bits per heavy atom. The van der Waals surface area contributed by atoms with Crippen molar-refractivity contribution in [2.24, 2.45) is 0 Å². The molecule has 7 heteroatoms. The van der Waals surface area contributed by atoms with Crippen LogP contribution in [0.4, 0.5) is 0 Å². The second kappa shape index (κ2) is 8.88. The first kappa shape index (κ1) is 21.2. The number of ether oxygens (including phenoxy) is 1. The molecule has 2 aromatic rings. The summed E-state index contributed by atoms with van der Waals surface area (Å²) in [5, 5.41) is 2.89. The highest BCUT2D eigenvalue weighted by atomic mass is 16.5. The van der Waals surface area contributed by atoms with E-state index in [1.165, 1.54) is 5.56 Å². The number of hydrogen-bond acceptors (Lipinski definition) is 5. The summed E-state index contributed by atoms with van der Waals surface area (Å²) in [6.07, 6.45) is 0. The van der Waals surface area contributed by atoms with Crippen LogP contribution in [0.25, 0.3) is 0 Å². The molecule has 3 rings (SSSR count). The van der Waals surface area contributed by atoms with Crippen LogP contribution in [-0.4, -0.2) is 47.1 Å². The van der Waals surface area contributed by atoms with Gasteiger partial charge in [-0.2, -0.15) is 0 Å². The molecular formula is C22H30N4O3. The first-order valence-corrected chi connectivity index (χ1v) is 10.0. The number of hydrogen-bond donors (Lipinski definition) is 2. The van der Waals surface area contributed by atoms with Gasteiger partial charge in [0.1, 0.15) is 11.4 Å². The predicted octanol–water partition coefficient (Wildman–Crippen LogP) is 2.14. The maximum Gasteiger partial charge on any atom is 0.264 e. The van der Waals surface area contributed by atoms with Crippen molar-refractivity contribution in [1.82, 2.24) is 20.2 Å². The number of rotatable bonds is 5. The Kier molecular flexibility index (Phi) is 6.49. The zero-order valence-corrected chi connectivity index (χ0v) is 17.7. The SMILES string of the molecule is Cc1nc(C(C)(C)C)[nH]c(=O)c1C(=O)NCc1ccccc1CN1CCOCC1. The van der Waals surface area contributed by atoms with Crippen molar-refractivity contribution < 1.29 is 9.53 Å². The van der Waals surface area contributed by atoms with Gasteiger partial charge in [0.25, 0.3) is 11.5 Å². The maximum absolute atomic E-state index is 12.7. The molecule has 1 aliphatic rings. The molecule has 0 saturated carbocycles. The van der Waals surface area contributed by atoms with Crippen molar-refractivity contribution >= 4 is 5.91 Å². The van der Waals surface area contributed by atoms with Crippen LogP contribution in [0.3, 0.4) is 0 Å². The minimum absolute atomic E-state index is 0.0728. The summed E-state index contributed by atoms with van der Waals surface area (Å²) in [6.45, 7) is 12.1. The van der Waals surface area contributed by atoms with Crippen molar-refractivity contribution in [1.29, 1.82) is 0 Å². The number of amides is 1. The molecule has 1 fully saturated rings. The molecule has 2 heterocycles. The monoisotopic (exact) mass is 398 g/mol. The van der Waals surface area contributed by atoms with Crippen LogP contribution in [0.5, 0.6) is 0 Å². The van der Waals surface area contributed by atoms with Gasteiger partial charge in [0, 0.05) is 31.6 Å². The van der Waals surface area contributed by atoms with E-state index in [0.717, 1.165) is 38.4 Å². The largest absolute Gasteiger partial charge is 0.379 e. The summed E-state index contributed by atoms with van der Waals surface area (Å²) in [5.41, 5.74) is 2.03. The number of aryl methyl sites for hydroxylation is 1. The average molecular weight is 399 g/mol. The third kappa shape index (κ3) is 5.31. The lowest BCUT2D eigenvalue weighted by Gasteiger charge is -2.27. The lowest BCUT2D eigenvalue weighted by Crippen LogP contribution is -2.36. The standard InChI is InChI=1S/C22H30N4O3/c1-15-18(20(28)25-21(24-15)22(2,3)4)19(27)23-13-16-7-5-6-8-17(16)14-26-9-11-29-12-10-26/h5-8H,9-14H2,1-4H3,(H,23,27)(H,24,25,28). The fourth-order valence-electron chi connectivity index (χ4n) is 3.36. The van der Waals surface area contributed by atoms with E-state index in [1.54, 1.807) is 6.92 Å². The molecule has 1 saturated heterocycles. The fourth-order valence-corrected chi connectivity index (χ4v) is 3.36. The Bertz CT molecular complexity index is 924. The summed E-state index contributed by atoms with van der Waals surface area (Å²) < 4.78 is 5.41. The van der Waals surface area contributed by atoms with E-state index in [2.05, 4.69) is 26.3 Å². The summed E-state index contributed by atoms with van der Waals surface area (Å²) in [5.74, 6) is 0.172. The minimum Gasteiger partial charge on any atom is -0.379 e. The van der Waals surface area contributed by atoms with E-state index in [-0.39, 0.29) is 11.0 Å². The third-order valence-electron chi connectivity index (χ3n) is 5.09. The molecule has 156 valence electrons. The van der Waals surface area contributed by atoms with Crippen molar-refractivity contribution in [2.75, 3.05) is 26.3 Å². The van der Waals surface area contributed by atoms with Gasteiger partial charge < -0.3 is 15.0 Å². The number of aromatic amines is 1. The van der Waals surface area contributed by atoms with Gasteiger partial charge in [0.15, 0.2) is 0 Å². The number of nitrogens with one attached hydrogen (secondary N) is 2.